The number of nitrogen functional groups attached to an aromatic ring is 1. The van der Waals surface area contributed by atoms with Gasteiger partial charge in [0.1, 0.15) is 5.82 Å². The molecule has 2 rings (SSSR count). The lowest BCUT2D eigenvalue weighted by molar-refractivity contribution is 1.16. The van der Waals surface area contributed by atoms with Gasteiger partial charge in [0.05, 0.1) is 17.7 Å². The molecule has 0 fully saturated rings. The summed E-state index contributed by atoms with van der Waals surface area (Å²) >= 11 is 1.61. The number of pyridine rings is 1. The van der Waals surface area contributed by atoms with Gasteiger partial charge in [-0.1, -0.05) is 0 Å². The monoisotopic (exact) mass is 206 g/mol. The third-order valence-corrected chi connectivity index (χ3v) is 2.55. The minimum absolute atomic E-state index is 0.525. The molecule has 0 unspecified atom stereocenters. The average Bonchev–Trinajstić information content (AvgIpc) is 2.69. The fourth-order valence-electron chi connectivity index (χ4n) is 1.08. The highest BCUT2D eigenvalue weighted by atomic mass is 32.1. The molecule has 2 aromatic rings. The fourth-order valence-corrected chi connectivity index (χ4v) is 1.61. The van der Waals surface area contributed by atoms with E-state index in [1.807, 2.05) is 23.8 Å². The van der Waals surface area contributed by atoms with Crippen molar-refractivity contribution in [1.29, 1.82) is 0 Å². The van der Waals surface area contributed by atoms with Crippen molar-refractivity contribution >= 4 is 22.8 Å². The summed E-state index contributed by atoms with van der Waals surface area (Å²) in [7, 11) is 0. The molecule has 14 heavy (non-hydrogen) atoms. The number of thiazole rings is 1. The van der Waals surface area contributed by atoms with Gasteiger partial charge in [-0.05, 0) is 12.1 Å². The van der Waals surface area contributed by atoms with E-state index in [0.717, 1.165) is 12.2 Å². The van der Waals surface area contributed by atoms with Crippen LogP contribution >= 0.6 is 11.3 Å². The van der Waals surface area contributed by atoms with Crippen LogP contribution in [0.25, 0.3) is 0 Å². The van der Waals surface area contributed by atoms with Crippen molar-refractivity contribution in [2.45, 2.75) is 6.54 Å². The Balaban J connectivity index is 2.02. The summed E-state index contributed by atoms with van der Waals surface area (Å²) in [5, 5.41) is 3.20. The second-order valence-corrected chi connectivity index (χ2v) is 3.73. The molecule has 0 aliphatic rings. The number of nitrogens with two attached hydrogens (primary N) is 1. The maximum Gasteiger partial charge on any atom is 0.146 e. The van der Waals surface area contributed by atoms with Gasteiger partial charge in [-0.15, -0.1) is 11.3 Å². The highest BCUT2D eigenvalue weighted by molar-refractivity contribution is 7.09. The van der Waals surface area contributed by atoms with E-state index < -0.39 is 0 Å². The van der Waals surface area contributed by atoms with Crippen LogP contribution in [0.2, 0.25) is 0 Å². The summed E-state index contributed by atoms with van der Waals surface area (Å²) < 4.78 is 0. The number of anilines is 2. The first-order valence-electron chi connectivity index (χ1n) is 4.18. The van der Waals surface area contributed by atoms with Crippen molar-refractivity contribution in [1.82, 2.24) is 9.97 Å². The zero-order chi connectivity index (χ0) is 9.80. The van der Waals surface area contributed by atoms with Crippen LogP contribution in [-0.4, -0.2) is 9.97 Å². The van der Waals surface area contributed by atoms with Gasteiger partial charge in [0.25, 0.3) is 0 Å². The molecule has 0 bridgehead atoms. The molecular weight excluding hydrogens is 196 g/mol. The standard InChI is InChI=1S/C9H10N4S/c10-9-8(2-1-3-12-9)13-5-7-4-11-6-14-7/h1-4,6,13H,5H2,(H2,10,12). The van der Waals surface area contributed by atoms with E-state index in [0.29, 0.717) is 5.82 Å². The largest absolute Gasteiger partial charge is 0.382 e. The van der Waals surface area contributed by atoms with Crippen molar-refractivity contribution in [3.05, 3.63) is 34.9 Å². The maximum atomic E-state index is 5.67. The molecule has 3 N–H and O–H groups in total. The van der Waals surface area contributed by atoms with Gasteiger partial charge < -0.3 is 11.1 Å². The van der Waals surface area contributed by atoms with Crippen LogP contribution in [0.3, 0.4) is 0 Å². The minimum Gasteiger partial charge on any atom is -0.382 e. The quantitative estimate of drug-likeness (QED) is 0.802. The number of rotatable bonds is 3. The molecule has 0 aliphatic heterocycles. The molecule has 4 nitrogen and oxygen atoms in total. The molecular formula is C9H10N4S. The van der Waals surface area contributed by atoms with Crippen LogP contribution in [0, 0.1) is 0 Å². The molecule has 2 aromatic heterocycles. The van der Waals surface area contributed by atoms with Gasteiger partial charge in [0.2, 0.25) is 0 Å². The molecule has 0 aromatic carbocycles. The molecule has 0 aliphatic carbocycles. The molecule has 0 saturated carbocycles. The van der Waals surface area contributed by atoms with Gasteiger partial charge in [0.15, 0.2) is 0 Å². The molecule has 0 saturated heterocycles. The lowest BCUT2D eigenvalue weighted by Crippen LogP contribution is -2.02. The summed E-state index contributed by atoms with van der Waals surface area (Å²) in [6.07, 6.45) is 3.51. The third-order valence-electron chi connectivity index (χ3n) is 1.78. The second kappa shape index (κ2) is 4.06. The highest BCUT2D eigenvalue weighted by Gasteiger charge is 1.98. The van der Waals surface area contributed by atoms with E-state index in [2.05, 4.69) is 15.3 Å². The molecule has 0 radical (unpaired) electrons. The van der Waals surface area contributed by atoms with Crippen molar-refractivity contribution in [3.8, 4) is 0 Å². The van der Waals surface area contributed by atoms with E-state index in [4.69, 9.17) is 5.73 Å². The van der Waals surface area contributed by atoms with Crippen molar-refractivity contribution in [3.63, 3.8) is 0 Å². The van der Waals surface area contributed by atoms with Crippen LogP contribution in [0.1, 0.15) is 4.88 Å². The number of nitrogens with one attached hydrogen (secondary N) is 1. The van der Waals surface area contributed by atoms with Crippen LogP contribution in [0.4, 0.5) is 11.5 Å². The number of hydrogen-bond acceptors (Lipinski definition) is 5. The van der Waals surface area contributed by atoms with Gasteiger partial charge in [-0.3, -0.25) is 4.98 Å². The van der Waals surface area contributed by atoms with Crippen LogP contribution < -0.4 is 11.1 Å². The van der Waals surface area contributed by atoms with E-state index in [1.165, 1.54) is 4.88 Å². The number of nitrogens with zero attached hydrogens (tertiary/aromatic N) is 2. The normalized spacial score (nSPS) is 10.0. The van der Waals surface area contributed by atoms with Gasteiger partial charge in [-0.2, -0.15) is 0 Å². The predicted octanol–water partition coefficient (Wildman–Crippen LogP) is 1.73. The maximum absolute atomic E-state index is 5.67. The summed E-state index contributed by atoms with van der Waals surface area (Å²) in [4.78, 5) is 9.14. The lowest BCUT2D eigenvalue weighted by atomic mass is 10.4. The average molecular weight is 206 g/mol. The Morgan fingerprint density at radius 3 is 3.14 bits per heavy atom. The molecule has 0 spiro atoms. The third kappa shape index (κ3) is 2.00. The summed E-state index contributed by atoms with van der Waals surface area (Å²) in [6, 6.07) is 3.76. The van der Waals surface area contributed by atoms with E-state index >= 15 is 0 Å². The van der Waals surface area contributed by atoms with Crippen molar-refractivity contribution in [2.75, 3.05) is 11.1 Å². The Kier molecular flexibility index (Phi) is 2.60. The molecule has 72 valence electrons. The lowest BCUT2D eigenvalue weighted by Gasteiger charge is -2.05. The first kappa shape index (κ1) is 8.96. The highest BCUT2D eigenvalue weighted by Crippen LogP contribution is 2.15. The molecule has 2 heterocycles. The summed E-state index contributed by atoms with van der Waals surface area (Å²) in [5.41, 5.74) is 8.35. The van der Waals surface area contributed by atoms with Gasteiger partial charge in [0, 0.05) is 17.3 Å². The van der Waals surface area contributed by atoms with Crippen LogP contribution in [-0.2, 0) is 6.54 Å². The Morgan fingerprint density at radius 1 is 1.50 bits per heavy atom. The molecule has 0 atom stereocenters. The topological polar surface area (TPSA) is 63.8 Å². The molecule has 5 heteroatoms. The van der Waals surface area contributed by atoms with E-state index in [1.54, 1.807) is 17.5 Å². The Bertz CT molecular complexity index is 399. The SMILES string of the molecule is Nc1ncccc1NCc1cncs1. The predicted molar refractivity (Wildman–Crippen MR) is 58.1 cm³/mol. The zero-order valence-corrected chi connectivity index (χ0v) is 8.29. The van der Waals surface area contributed by atoms with Crippen molar-refractivity contribution in [2.24, 2.45) is 0 Å². The van der Waals surface area contributed by atoms with Gasteiger partial charge >= 0.3 is 0 Å². The number of aromatic nitrogens is 2. The second-order valence-electron chi connectivity index (χ2n) is 2.76. The van der Waals surface area contributed by atoms with Crippen molar-refractivity contribution < 1.29 is 0 Å². The number of hydrogen-bond donors (Lipinski definition) is 2. The smallest absolute Gasteiger partial charge is 0.146 e. The van der Waals surface area contributed by atoms with Crippen LogP contribution in [0.15, 0.2) is 30.0 Å². The Morgan fingerprint density at radius 2 is 2.43 bits per heavy atom. The minimum atomic E-state index is 0.525. The summed E-state index contributed by atoms with van der Waals surface area (Å²) in [6.45, 7) is 0.737. The fraction of sp³-hybridized carbons (Fsp3) is 0.111. The Hall–Kier alpha value is -1.62. The van der Waals surface area contributed by atoms with E-state index in [-0.39, 0.29) is 0 Å². The van der Waals surface area contributed by atoms with E-state index in [9.17, 15) is 0 Å². The Labute approximate surface area is 85.8 Å². The molecule has 0 amide bonds. The first-order valence-corrected chi connectivity index (χ1v) is 5.06. The summed E-state index contributed by atoms with van der Waals surface area (Å²) in [5.74, 6) is 0.525. The van der Waals surface area contributed by atoms with Gasteiger partial charge in [-0.25, -0.2) is 4.98 Å². The zero-order valence-electron chi connectivity index (χ0n) is 7.47. The first-order chi connectivity index (χ1) is 6.86. The van der Waals surface area contributed by atoms with Crippen LogP contribution in [0.5, 0.6) is 0 Å².